The highest BCUT2D eigenvalue weighted by Crippen LogP contribution is 2.61. The Balaban J connectivity index is 2.40. The smallest absolute Gasteiger partial charge is 0.341 e. The van der Waals surface area contributed by atoms with Gasteiger partial charge in [0.15, 0.2) is 5.17 Å². The molecule has 1 aliphatic rings. The number of rotatable bonds is 6. The van der Waals surface area contributed by atoms with Gasteiger partial charge in [-0.25, -0.2) is 4.99 Å². The molecule has 0 saturated carbocycles. The molecule has 1 atom stereocenters. The first-order chi connectivity index (χ1) is 10.1. The Bertz CT molecular complexity index is 562. The molecule has 0 bridgehead atoms. The topological polar surface area (TPSA) is 59.9 Å². The average Bonchev–Trinajstić information content (AvgIpc) is 3.01. The Morgan fingerprint density at radius 1 is 1.43 bits per heavy atom. The Morgan fingerprint density at radius 3 is 2.67 bits per heavy atom. The number of hydrogen-bond acceptors (Lipinski definition) is 7. The Morgan fingerprint density at radius 2 is 2.14 bits per heavy atom. The number of aliphatic imine (C=N–C) groups is 1. The van der Waals surface area contributed by atoms with Gasteiger partial charge in [0, 0.05) is 11.1 Å². The van der Waals surface area contributed by atoms with E-state index in [9.17, 15) is 4.57 Å². The van der Waals surface area contributed by atoms with Gasteiger partial charge in [-0.1, -0.05) is 17.8 Å². The molecule has 1 unspecified atom stereocenters. The number of hydrogen-bond donors (Lipinski definition) is 1. The SMILES string of the molecule is CCOP(=O)(OCC)C1=CNC(SC)=NC1c1cccs1. The van der Waals surface area contributed by atoms with Crippen LogP contribution in [0.1, 0.15) is 24.8 Å². The molecule has 2 heterocycles. The van der Waals surface area contributed by atoms with Crippen LogP contribution in [0.25, 0.3) is 0 Å². The van der Waals surface area contributed by atoms with Gasteiger partial charge in [0.05, 0.1) is 18.5 Å². The van der Waals surface area contributed by atoms with Gasteiger partial charge in [0.2, 0.25) is 0 Å². The molecular formula is C13H19N2O3PS2. The van der Waals surface area contributed by atoms with Crippen molar-refractivity contribution in [2.75, 3.05) is 19.5 Å². The predicted octanol–water partition coefficient (Wildman–Crippen LogP) is 4.22. The molecule has 8 heteroatoms. The third kappa shape index (κ3) is 3.79. The van der Waals surface area contributed by atoms with E-state index in [-0.39, 0.29) is 6.04 Å². The zero-order chi connectivity index (χ0) is 15.3. The first-order valence-corrected chi connectivity index (χ1v) is 10.3. The van der Waals surface area contributed by atoms with Crippen LogP contribution < -0.4 is 5.32 Å². The molecule has 1 aromatic rings. The lowest BCUT2D eigenvalue weighted by Gasteiger charge is -2.27. The average molecular weight is 346 g/mol. The van der Waals surface area contributed by atoms with E-state index in [4.69, 9.17) is 9.05 Å². The molecule has 0 radical (unpaired) electrons. The highest BCUT2D eigenvalue weighted by atomic mass is 32.2. The van der Waals surface area contributed by atoms with E-state index < -0.39 is 7.60 Å². The molecule has 0 fully saturated rings. The Kier molecular flexibility index (Phi) is 6.08. The summed E-state index contributed by atoms with van der Waals surface area (Å²) in [4.78, 5) is 5.66. The van der Waals surface area contributed by atoms with Gasteiger partial charge in [0.25, 0.3) is 0 Å². The van der Waals surface area contributed by atoms with Crippen LogP contribution >= 0.6 is 30.7 Å². The molecule has 1 aliphatic heterocycles. The predicted molar refractivity (Wildman–Crippen MR) is 90.1 cm³/mol. The standard InChI is InChI=1S/C13H19N2O3PS2/c1-4-17-19(16,18-5-2)10-9-14-13(20-3)15-12(10)11-7-6-8-21-11/h6-9,12H,4-5H2,1-3H3,(H,14,15). The van der Waals surface area contributed by atoms with Gasteiger partial charge >= 0.3 is 7.60 Å². The second-order valence-electron chi connectivity index (χ2n) is 4.10. The zero-order valence-corrected chi connectivity index (χ0v) is 14.8. The lowest BCUT2D eigenvalue weighted by Crippen LogP contribution is -2.22. The zero-order valence-electron chi connectivity index (χ0n) is 12.2. The van der Waals surface area contributed by atoms with Crippen molar-refractivity contribution in [3.63, 3.8) is 0 Å². The Hall–Kier alpha value is -0.590. The second kappa shape index (κ2) is 7.61. The summed E-state index contributed by atoms with van der Waals surface area (Å²) < 4.78 is 24.0. The maximum atomic E-state index is 13.0. The molecule has 5 nitrogen and oxygen atoms in total. The maximum Gasteiger partial charge on any atom is 0.361 e. The third-order valence-electron chi connectivity index (χ3n) is 2.79. The first-order valence-electron chi connectivity index (χ1n) is 6.66. The van der Waals surface area contributed by atoms with Crippen LogP contribution in [0.3, 0.4) is 0 Å². The minimum absolute atomic E-state index is 0.322. The van der Waals surface area contributed by atoms with Crippen LogP contribution in [0.4, 0.5) is 0 Å². The van der Waals surface area contributed by atoms with Crippen molar-refractivity contribution in [3.8, 4) is 0 Å². The van der Waals surface area contributed by atoms with Crippen molar-refractivity contribution in [2.24, 2.45) is 4.99 Å². The van der Waals surface area contributed by atoms with Gasteiger partial charge in [-0.3, -0.25) is 4.57 Å². The fourth-order valence-electron chi connectivity index (χ4n) is 1.96. The molecule has 2 rings (SSSR count). The largest absolute Gasteiger partial charge is 0.361 e. The van der Waals surface area contributed by atoms with Crippen LogP contribution in [0.5, 0.6) is 0 Å². The monoisotopic (exact) mass is 346 g/mol. The van der Waals surface area contributed by atoms with E-state index >= 15 is 0 Å². The maximum absolute atomic E-state index is 13.0. The lowest BCUT2D eigenvalue weighted by molar-refractivity contribution is 0.224. The van der Waals surface area contributed by atoms with E-state index in [0.717, 1.165) is 10.0 Å². The van der Waals surface area contributed by atoms with E-state index in [1.807, 2.05) is 23.8 Å². The molecule has 0 spiro atoms. The Labute approximate surface area is 133 Å². The van der Waals surface area contributed by atoms with E-state index in [1.165, 1.54) is 11.8 Å². The highest BCUT2D eigenvalue weighted by molar-refractivity contribution is 8.13. The molecule has 0 amide bonds. The number of nitrogens with zero attached hydrogens (tertiary/aromatic N) is 1. The molecular weight excluding hydrogens is 327 g/mol. The molecule has 0 aromatic carbocycles. The fourth-order valence-corrected chi connectivity index (χ4v) is 4.98. The van der Waals surface area contributed by atoms with Crippen LogP contribution in [-0.2, 0) is 13.6 Å². The van der Waals surface area contributed by atoms with E-state index in [2.05, 4.69) is 10.3 Å². The number of nitrogens with one attached hydrogen (secondary N) is 1. The fraction of sp³-hybridized carbons (Fsp3) is 0.462. The minimum atomic E-state index is -3.34. The molecule has 21 heavy (non-hydrogen) atoms. The molecule has 1 N–H and O–H groups in total. The highest BCUT2D eigenvalue weighted by Gasteiger charge is 2.38. The van der Waals surface area contributed by atoms with Crippen molar-refractivity contribution in [3.05, 3.63) is 33.9 Å². The molecule has 116 valence electrons. The summed E-state index contributed by atoms with van der Waals surface area (Å²) in [5, 5.41) is 6.39. The van der Waals surface area contributed by atoms with Gasteiger partial charge in [0.1, 0.15) is 6.04 Å². The van der Waals surface area contributed by atoms with Crippen molar-refractivity contribution in [1.29, 1.82) is 0 Å². The van der Waals surface area contributed by atoms with Crippen molar-refractivity contribution >= 4 is 35.9 Å². The van der Waals surface area contributed by atoms with Crippen LogP contribution in [0.2, 0.25) is 0 Å². The normalized spacial score (nSPS) is 18.9. The minimum Gasteiger partial charge on any atom is -0.341 e. The lowest BCUT2D eigenvalue weighted by atomic mass is 10.2. The number of thioether (sulfide) groups is 1. The number of thiophene rings is 1. The summed E-state index contributed by atoms with van der Waals surface area (Å²) in [6.45, 7) is 4.26. The summed E-state index contributed by atoms with van der Waals surface area (Å²) in [5.41, 5.74) is 0. The third-order valence-corrected chi connectivity index (χ3v) is 6.53. The van der Waals surface area contributed by atoms with Gasteiger partial charge < -0.3 is 14.4 Å². The van der Waals surface area contributed by atoms with Crippen LogP contribution in [-0.4, -0.2) is 24.6 Å². The summed E-state index contributed by atoms with van der Waals surface area (Å²) in [6.07, 6.45) is 3.66. The first kappa shape index (κ1) is 16.8. The van der Waals surface area contributed by atoms with Gasteiger partial charge in [-0.2, -0.15) is 0 Å². The molecule has 1 aromatic heterocycles. The molecule has 0 saturated heterocycles. The summed E-state index contributed by atoms with van der Waals surface area (Å²) >= 11 is 3.09. The number of amidine groups is 1. The van der Waals surface area contributed by atoms with Crippen LogP contribution in [0, 0.1) is 0 Å². The van der Waals surface area contributed by atoms with Crippen molar-refractivity contribution < 1.29 is 13.6 Å². The van der Waals surface area contributed by atoms with Crippen molar-refractivity contribution in [1.82, 2.24) is 5.32 Å². The summed E-state index contributed by atoms with van der Waals surface area (Å²) in [6, 6.07) is 3.62. The quantitative estimate of drug-likeness (QED) is 0.782. The van der Waals surface area contributed by atoms with E-state index in [0.29, 0.717) is 18.5 Å². The molecule has 0 aliphatic carbocycles. The van der Waals surface area contributed by atoms with Crippen molar-refractivity contribution in [2.45, 2.75) is 19.9 Å². The van der Waals surface area contributed by atoms with E-state index in [1.54, 1.807) is 31.4 Å². The van der Waals surface area contributed by atoms with Gasteiger partial charge in [-0.05, 0) is 31.5 Å². The second-order valence-corrected chi connectivity index (χ2v) is 7.90. The van der Waals surface area contributed by atoms with Crippen LogP contribution in [0.15, 0.2) is 34.0 Å². The summed E-state index contributed by atoms with van der Waals surface area (Å²) in [5.74, 6) is 0. The van der Waals surface area contributed by atoms with Gasteiger partial charge in [-0.15, -0.1) is 11.3 Å². The summed E-state index contributed by atoms with van der Waals surface area (Å²) in [7, 11) is -3.34.